The average Bonchev–Trinajstić information content (AvgIpc) is 2.87. The van der Waals surface area contributed by atoms with Gasteiger partial charge in [0.05, 0.1) is 28.7 Å². The second kappa shape index (κ2) is 5.68. The van der Waals surface area contributed by atoms with Gasteiger partial charge in [-0.15, -0.1) is 5.10 Å². The third kappa shape index (κ3) is 2.95. The third-order valence-corrected chi connectivity index (χ3v) is 4.16. The quantitative estimate of drug-likeness (QED) is 0.941. The molecule has 1 aromatic heterocycles. The molecule has 4 nitrogen and oxygen atoms in total. The van der Waals surface area contributed by atoms with Crippen molar-refractivity contribution in [2.24, 2.45) is 5.73 Å². The third-order valence-electron chi connectivity index (χ3n) is 3.04. The molecule has 0 amide bonds. The molecule has 0 saturated carbocycles. The molecule has 6 heteroatoms. The maximum absolute atomic E-state index is 6.36. The number of methoxy groups -OCH3 is 1. The molecule has 0 spiro atoms. The van der Waals surface area contributed by atoms with Gasteiger partial charge in [-0.3, -0.25) is 0 Å². The average molecular weight is 312 g/mol. The van der Waals surface area contributed by atoms with Crippen LogP contribution in [0, 0.1) is 0 Å². The van der Waals surface area contributed by atoms with E-state index in [0.717, 1.165) is 16.1 Å². The summed E-state index contributed by atoms with van der Waals surface area (Å²) in [4.78, 5) is 0.974. The van der Waals surface area contributed by atoms with Crippen molar-refractivity contribution in [2.45, 2.75) is 32.2 Å². The number of hydrogen-bond donors (Lipinski definition) is 1. The number of nitrogens with two attached hydrogens (primary N) is 1. The van der Waals surface area contributed by atoms with Crippen LogP contribution in [0.15, 0.2) is 18.2 Å². The van der Waals surface area contributed by atoms with E-state index in [0.29, 0.717) is 10.8 Å². The summed E-state index contributed by atoms with van der Waals surface area (Å²) in [5.41, 5.74) is 8.14. The van der Waals surface area contributed by atoms with Gasteiger partial charge in [-0.05, 0) is 29.2 Å². The van der Waals surface area contributed by atoms with E-state index >= 15 is 0 Å². The van der Waals surface area contributed by atoms with Crippen LogP contribution in [0.5, 0.6) is 5.75 Å². The molecular formula is C14H18ClN3OS. The van der Waals surface area contributed by atoms with Crippen molar-refractivity contribution in [1.82, 2.24) is 9.59 Å². The Labute approximate surface area is 128 Å². The Bertz CT molecular complexity index is 607. The number of rotatable bonds is 3. The van der Waals surface area contributed by atoms with Gasteiger partial charge >= 0.3 is 0 Å². The van der Waals surface area contributed by atoms with Crippen molar-refractivity contribution in [3.63, 3.8) is 0 Å². The highest BCUT2D eigenvalue weighted by atomic mass is 35.5. The molecule has 0 aliphatic rings. The Morgan fingerprint density at radius 1 is 1.35 bits per heavy atom. The Kier molecular flexibility index (Phi) is 4.32. The Morgan fingerprint density at radius 2 is 2.05 bits per heavy atom. The van der Waals surface area contributed by atoms with E-state index in [1.54, 1.807) is 13.2 Å². The molecule has 108 valence electrons. The minimum atomic E-state index is -0.282. The summed E-state index contributed by atoms with van der Waals surface area (Å²) in [5.74, 6) is 0.620. The number of nitrogens with zero attached hydrogens (tertiary/aromatic N) is 2. The van der Waals surface area contributed by atoms with Crippen LogP contribution in [0.4, 0.5) is 0 Å². The summed E-state index contributed by atoms with van der Waals surface area (Å²) in [7, 11) is 1.59. The molecule has 20 heavy (non-hydrogen) atoms. The minimum absolute atomic E-state index is 0.0868. The molecule has 1 heterocycles. The smallest absolute Gasteiger partial charge is 0.137 e. The lowest BCUT2D eigenvalue weighted by Gasteiger charge is -2.20. The van der Waals surface area contributed by atoms with Gasteiger partial charge in [-0.1, -0.05) is 42.9 Å². The fourth-order valence-electron chi connectivity index (χ4n) is 1.94. The van der Waals surface area contributed by atoms with Crippen molar-refractivity contribution >= 4 is 23.1 Å². The van der Waals surface area contributed by atoms with Crippen molar-refractivity contribution in [3.05, 3.63) is 39.4 Å². The van der Waals surface area contributed by atoms with Gasteiger partial charge in [-0.2, -0.15) is 0 Å². The minimum Gasteiger partial charge on any atom is -0.495 e. The highest BCUT2D eigenvalue weighted by Gasteiger charge is 2.26. The molecule has 0 aliphatic carbocycles. The summed E-state index contributed by atoms with van der Waals surface area (Å²) in [5, 5.41) is 4.80. The summed E-state index contributed by atoms with van der Waals surface area (Å²) in [6, 6.07) is 5.28. The van der Waals surface area contributed by atoms with Gasteiger partial charge in [0.25, 0.3) is 0 Å². The predicted molar refractivity (Wildman–Crippen MR) is 82.6 cm³/mol. The summed E-state index contributed by atoms with van der Waals surface area (Å²) >= 11 is 7.38. The molecule has 0 bridgehead atoms. The second-order valence-corrected chi connectivity index (χ2v) is 6.80. The maximum atomic E-state index is 6.36. The van der Waals surface area contributed by atoms with E-state index in [1.807, 2.05) is 12.1 Å². The van der Waals surface area contributed by atoms with Crippen LogP contribution in [0.1, 0.15) is 42.9 Å². The van der Waals surface area contributed by atoms with Crippen molar-refractivity contribution < 1.29 is 4.74 Å². The molecule has 0 aliphatic heterocycles. The van der Waals surface area contributed by atoms with Gasteiger partial charge in [-0.25, -0.2) is 0 Å². The number of benzene rings is 1. The van der Waals surface area contributed by atoms with Gasteiger partial charge < -0.3 is 10.5 Å². The first-order valence-electron chi connectivity index (χ1n) is 6.26. The van der Waals surface area contributed by atoms with E-state index in [9.17, 15) is 0 Å². The molecule has 1 unspecified atom stereocenters. The standard InChI is InChI=1S/C14H18ClN3OS/c1-14(2,3)13-12(20-18-17-13)11(16)8-5-6-9(15)10(7-8)19-4/h5-7,11H,16H2,1-4H3. The van der Waals surface area contributed by atoms with Gasteiger partial charge in [0, 0.05) is 5.41 Å². The first kappa shape index (κ1) is 15.2. The van der Waals surface area contributed by atoms with Crippen LogP contribution >= 0.6 is 23.1 Å². The summed E-state index contributed by atoms with van der Waals surface area (Å²) < 4.78 is 9.28. The van der Waals surface area contributed by atoms with Crippen LogP contribution in [0.25, 0.3) is 0 Å². The molecule has 2 N–H and O–H groups in total. The summed E-state index contributed by atoms with van der Waals surface area (Å²) in [6.07, 6.45) is 0. The van der Waals surface area contributed by atoms with Crippen molar-refractivity contribution in [3.8, 4) is 5.75 Å². The number of ether oxygens (including phenoxy) is 1. The lowest BCUT2D eigenvalue weighted by molar-refractivity contribution is 0.414. The van der Waals surface area contributed by atoms with Gasteiger partial charge in [0.2, 0.25) is 0 Å². The van der Waals surface area contributed by atoms with E-state index in [2.05, 4.69) is 30.4 Å². The Hall–Kier alpha value is -1.17. The lowest BCUT2D eigenvalue weighted by Crippen LogP contribution is -2.19. The van der Waals surface area contributed by atoms with Crippen LogP contribution < -0.4 is 10.5 Å². The molecule has 1 aromatic carbocycles. The summed E-state index contributed by atoms with van der Waals surface area (Å²) in [6.45, 7) is 6.30. The van der Waals surface area contributed by atoms with Gasteiger partial charge in [0.15, 0.2) is 0 Å². The normalized spacial score (nSPS) is 13.3. The Balaban J connectivity index is 2.42. The van der Waals surface area contributed by atoms with Crippen LogP contribution in [0.3, 0.4) is 0 Å². The fraction of sp³-hybridized carbons (Fsp3) is 0.429. The molecule has 2 aromatic rings. The molecule has 0 saturated heterocycles. The highest BCUT2D eigenvalue weighted by Crippen LogP contribution is 2.34. The second-order valence-electron chi connectivity index (χ2n) is 5.61. The zero-order valence-electron chi connectivity index (χ0n) is 12.0. The molecule has 0 radical (unpaired) electrons. The monoisotopic (exact) mass is 311 g/mol. The Morgan fingerprint density at radius 3 is 2.65 bits per heavy atom. The number of halogens is 1. The zero-order chi connectivity index (χ0) is 14.9. The topological polar surface area (TPSA) is 61.0 Å². The zero-order valence-corrected chi connectivity index (χ0v) is 13.5. The molecule has 0 fully saturated rings. The van der Waals surface area contributed by atoms with E-state index < -0.39 is 0 Å². The van der Waals surface area contributed by atoms with Crippen LogP contribution in [-0.4, -0.2) is 16.7 Å². The van der Waals surface area contributed by atoms with Crippen molar-refractivity contribution in [2.75, 3.05) is 7.11 Å². The fourth-order valence-corrected chi connectivity index (χ4v) is 3.03. The van der Waals surface area contributed by atoms with Crippen LogP contribution in [0.2, 0.25) is 5.02 Å². The first-order valence-corrected chi connectivity index (χ1v) is 7.41. The lowest BCUT2D eigenvalue weighted by atomic mass is 9.89. The molecule has 2 rings (SSSR count). The highest BCUT2D eigenvalue weighted by molar-refractivity contribution is 7.05. The first-order chi connectivity index (χ1) is 9.34. The number of hydrogen-bond acceptors (Lipinski definition) is 5. The largest absolute Gasteiger partial charge is 0.495 e. The molecule has 1 atom stereocenters. The molecular weight excluding hydrogens is 294 g/mol. The predicted octanol–water partition coefficient (Wildman–Crippen LogP) is 3.55. The van der Waals surface area contributed by atoms with E-state index in [1.165, 1.54) is 11.5 Å². The maximum Gasteiger partial charge on any atom is 0.137 e. The van der Waals surface area contributed by atoms with Gasteiger partial charge in [0.1, 0.15) is 5.75 Å². The van der Waals surface area contributed by atoms with Crippen molar-refractivity contribution in [1.29, 1.82) is 0 Å². The van der Waals surface area contributed by atoms with E-state index in [-0.39, 0.29) is 11.5 Å². The van der Waals surface area contributed by atoms with E-state index in [4.69, 9.17) is 22.1 Å². The van der Waals surface area contributed by atoms with Crippen LogP contribution in [-0.2, 0) is 5.41 Å². The number of aromatic nitrogens is 2. The SMILES string of the molecule is COc1cc(C(N)c2snnc2C(C)(C)C)ccc1Cl.